The van der Waals surface area contributed by atoms with Gasteiger partial charge in [0.2, 0.25) is 0 Å². The Labute approximate surface area is 253 Å². The largest absolute Gasteiger partial charge is 0.328 e. The Kier molecular flexibility index (Phi) is 6.92. The molecule has 0 radical (unpaired) electrons. The van der Waals surface area contributed by atoms with Crippen molar-refractivity contribution >= 4 is 11.0 Å². The van der Waals surface area contributed by atoms with Crippen LogP contribution in [-0.2, 0) is 17.9 Å². The van der Waals surface area contributed by atoms with Crippen molar-refractivity contribution in [2.24, 2.45) is 7.05 Å². The summed E-state index contributed by atoms with van der Waals surface area (Å²) in [5.41, 5.74) is 11.2. The van der Waals surface area contributed by atoms with Gasteiger partial charge >= 0.3 is 0 Å². The maximum Gasteiger partial charge on any atom is 0.258 e. The van der Waals surface area contributed by atoms with Crippen LogP contribution in [0.4, 0.5) is 0 Å². The van der Waals surface area contributed by atoms with Gasteiger partial charge in [0.25, 0.3) is 5.56 Å². The zero-order valence-corrected chi connectivity index (χ0v) is 26.0. The van der Waals surface area contributed by atoms with Crippen molar-refractivity contribution in [1.82, 2.24) is 19.5 Å². The lowest BCUT2D eigenvalue weighted by Crippen LogP contribution is -2.16. The molecule has 6 rings (SSSR count). The van der Waals surface area contributed by atoms with Crippen LogP contribution >= 0.6 is 0 Å². The lowest BCUT2D eigenvalue weighted by Gasteiger charge is -2.26. The first-order chi connectivity index (χ1) is 20.4. The zero-order chi connectivity index (χ0) is 30.5. The SMILES string of the molecule is Cn1c(-c2ccc[nH]c2=O)nc2c(-c3cc(-c4cc(C(C)(C)C)cc(C(C)(C)C)c4)cc(-c4ccccn4)c3)cccc21. The number of fused-ring (bicyclic) bond motifs is 1. The second-order valence-corrected chi connectivity index (χ2v) is 13.4. The first kappa shape index (κ1) is 28.4. The molecule has 3 aromatic heterocycles. The summed E-state index contributed by atoms with van der Waals surface area (Å²) < 4.78 is 2.00. The second-order valence-electron chi connectivity index (χ2n) is 13.4. The van der Waals surface area contributed by atoms with E-state index >= 15 is 0 Å². The summed E-state index contributed by atoms with van der Waals surface area (Å²) in [5, 5.41) is 0. The number of nitrogens with zero attached hydrogens (tertiary/aromatic N) is 3. The fraction of sp³-hybridized carbons (Fsp3) is 0.237. The number of rotatable bonds is 4. The molecular weight excluding hydrogens is 528 g/mol. The summed E-state index contributed by atoms with van der Waals surface area (Å²) in [5.74, 6) is 0.637. The molecule has 0 atom stereocenters. The summed E-state index contributed by atoms with van der Waals surface area (Å²) >= 11 is 0. The third kappa shape index (κ3) is 5.43. The minimum absolute atomic E-state index is 0.00265. The van der Waals surface area contributed by atoms with Crippen molar-refractivity contribution in [3.8, 4) is 44.9 Å². The van der Waals surface area contributed by atoms with Gasteiger partial charge in [-0.1, -0.05) is 77.9 Å². The van der Waals surface area contributed by atoms with E-state index in [1.807, 2.05) is 42.1 Å². The Morgan fingerprint density at radius 1 is 0.674 bits per heavy atom. The van der Waals surface area contributed by atoms with Crippen LogP contribution in [0.1, 0.15) is 52.7 Å². The average molecular weight is 567 g/mol. The molecule has 216 valence electrons. The monoisotopic (exact) mass is 566 g/mol. The Hall–Kier alpha value is -4.77. The molecule has 0 aliphatic heterocycles. The number of hydrogen-bond donors (Lipinski definition) is 1. The molecular formula is C38H38N4O. The molecule has 5 heteroatoms. The van der Waals surface area contributed by atoms with E-state index in [0.29, 0.717) is 11.4 Å². The Bertz CT molecular complexity index is 1990. The molecule has 3 aromatic carbocycles. The summed E-state index contributed by atoms with van der Waals surface area (Å²) in [6.45, 7) is 13.6. The van der Waals surface area contributed by atoms with Gasteiger partial charge in [-0.3, -0.25) is 9.78 Å². The molecule has 5 nitrogen and oxygen atoms in total. The minimum atomic E-state index is -0.157. The molecule has 0 spiro atoms. The third-order valence-corrected chi connectivity index (χ3v) is 8.17. The molecule has 0 amide bonds. The molecule has 0 saturated heterocycles. The topological polar surface area (TPSA) is 63.6 Å². The molecule has 0 unspecified atom stereocenters. The second kappa shape index (κ2) is 10.5. The molecule has 0 aliphatic carbocycles. The normalized spacial score (nSPS) is 12.2. The summed E-state index contributed by atoms with van der Waals surface area (Å²) in [7, 11) is 1.96. The van der Waals surface area contributed by atoms with Crippen molar-refractivity contribution in [3.63, 3.8) is 0 Å². The molecule has 0 aliphatic rings. The first-order valence-corrected chi connectivity index (χ1v) is 14.8. The number of nitrogens with one attached hydrogen (secondary N) is 1. The Morgan fingerprint density at radius 2 is 1.33 bits per heavy atom. The van der Waals surface area contributed by atoms with Crippen molar-refractivity contribution in [2.45, 2.75) is 52.4 Å². The van der Waals surface area contributed by atoms with Crippen molar-refractivity contribution in [1.29, 1.82) is 0 Å². The molecule has 3 heterocycles. The number of aromatic nitrogens is 4. The fourth-order valence-corrected chi connectivity index (χ4v) is 5.58. The molecule has 0 bridgehead atoms. The van der Waals surface area contributed by atoms with Crippen LogP contribution in [0.5, 0.6) is 0 Å². The summed E-state index contributed by atoms with van der Waals surface area (Å²) in [6.07, 6.45) is 3.48. The van der Waals surface area contributed by atoms with Gasteiger partial charge in [0.1, 0.15) is 5.82 Å². The van der Waals surface area contributed by atoms with Gasteiger partial charge in [-0.15, -0.1) is 0 Å². The highest BCUT2D eigenvalue weighted by molar-refractivity contribution is 5.96. The van der Waals surface area contributed by atoms with Crippen LogP contribution < -0.4 is 5.56 Å². The molecule has 6 aromatic rings. The fourth-order valence-electron chi connectivity index (χ4n) is 5.58. The van der Waals surface area contributed by atoms with Gasteiger partial charge < -0.3 is 9.55 Å². The Morgan fingerprint density at radius 3 is 1.98 bits per heavy atom. The van der Waals surface area contributed by atoms with E-state index in [9.17, 15) is 4.79 Å². The van der Waals surface area contributed by atoms with E-state index in [1.54, 1.807) is 6.20 Å². The lowest BCUT2D eigenvalue weighted by molar-refractivity contribution is 0.569. The van der Waals surface area contributed by atoms with Crippen LogP contribution in [0.3, 0.4) is 0 Å². The van der Waals surface area contributed by atoms with Crippen molar-refractivity contribution in [3.05, 3.63) is 119 Å². The first-order valence-electron chi connectivity index (χ1n) is 14.8. The van der Waals surface area contributed by atoms with E-state index in [1.165, 1.54) is 16.7 Å². The molecule has 43 heavy (non-hydrogen) atoms. The van der Waals surface area contributed by atoms with E-state index in [-0.39, 0.29) is 16.4 Å². The standard InChI is InChI=1S/C38H38N4O/c1-37(2,3)28-21-25(22-29(23-28)38(4,5)6)24-18-26(20-27(19-24)32-14-8-9-16-39-32)30-12-10-15-33-34(30)41-35(42(33)7)31-13-11-17-40-36(31)43/h8-23H,1-7H3,(H,40,43). The number of hydrogen-bond acceptors (Lipinski definition) is 3. The predicted molar refractivity (Wildman–Crippen MR) is 178 cm³/mol. The summed E-state index contributed by atoms with van der Waals surface area (Å²) in [4.78, 5) is 25.2. The highest BCUT2D eigenvalue weighted by Crippen LogP contribution is 2.39. The van der Waals surface area contributed by atoms with Gasteiger partial charge in [-0.25, -0.2) is 4.98 Å². The van der Waals surface area contributed by atoms with Crippen LogP contribution in [0.2, 0.25) is 0 Å². The van der Waals surface area contributed by atoms with Crippen LogP contribution in [0.15, 0.2) is 102 Å². The van der Waals surface area contributed by atoms with Crippen molar-refractivity contribution in [2.75, 3.05) is 0 Å². The van der Waals surface area contributed by atoms with E-state index < -0.39 is 0 Å². The van der Waals surface area contributed by atoms with Crippen LogP contribution in [-0.4, -0.2) is 19.5 Å². The van der Waals surface area contributed by atoms with E-state index in [0.717, 1.165) is 39.0 Å². The zero-order valence-electron chi connectivity index (χ0n) is 26.0. The molecule has 0 fully saturated rings. The van der Waals surface area contributed by atoms with Gasteiger partial charge in [0.15, 0.2) is 0 Å². The van der Waals surface area contributed by atoms with Gasteiger partial charge in [-0.05, 0) is 87.2 Å². The lowest BCUT2D eigenvalue weighted by atomic mass is 9.78. The van der Waals surface area contributed by atoms with Gasteiger partial charge in [-0.2, -0.15) is 0 Å². The van der Waals surface area contributed by atoms with E-state index in [4.69, 9.17) is 9.97 Å². The molecule has 0 saturated carbocycles. The van der Waals surface area contributed by atoms with E-state index in [2.05, 4.69) is 107 Å². The maximum atomic E-state index is 12.7. The number of H-pyrrole nitrogens is 1. The predicted octanol–water partition coefficient (Wildman–Crippen LogP) is 8.92. The third-order valence-electron chi connectivity index (χ3n) is 8.17. The average Bonchev–Trinajstić information content (AvgIpc) is 3.32. The highest BCUT2D eigenvalue weighted by Gasteiger charge is 2.22. The number of benzene rings is 3. The van der Waals surface area contributed by atoms with Crippen LogP contribution in [0, 0.1) is 0 Å². The van der Waals surface area contributed by atoms with Crippen molar-refractivity contribution < 1.29 is 0 Å². The number of imidazole rings is 1. The maximum absolute atomic E-state index is 12.7. The smallest absolute Gasteiger partial charge is 0.258 e. The summed E-state index contributed by atoms with van der Waals surface area (Å²) in [6, 6.07) is 29.6. The quantitative estimate of drug-likeness (QED) is 0.232. The Balaban J connectivity index is 1.62. The number of para-hydroxylation sites is 1. The highest BCUT2D eigenvalue weighted by atomic mass is 16.1. The minimum Gasteiger partial charge on any atom is -0.328 e. The molecule has 1 N–H and O–H groups in total. The van der Waals surface area contributed by atoms with Crippen LogP contribution in [0.25, 0.3) is 55.9 Å². The van der Waals surface area contributed by atoms with Gasteiger partial charge in [0, 0.05) is 30.6 Å². The number of aromatic amines is 1. The number of pyridine rings is 2. The number of aryl methyl sites for hydroxylation is 1. The van der Waals surface area contributed by atoms with Gasteiger partial charge in [0.05, 0.1) is 22.3 Å².